The molecule has 2 aliphatic carbocycles. The summed E-state index contributed by atoms with van der Waals surface area (Å²) in [6.07, 6.45) is 10.3. The van der Waals surface area contributed by atoms with Crippen LogP contribution in [-0.4, -0.2) is 5.66 Å². The van der Waals surface area contributed by atoms with Crippen LogP contribution in [0.2, 0.25) is 0 Å². The summed E-state index contributed by atoms with van der Waals surface area (Å²) in [4.78, 5) is 0. The monoisotopic (exact) mass is 308 g/mol. The van der Waals surface area contributed by atoms with Crippen LogP contribution in [0.3, 0.4) is 0 Å². The average Bonchev–Trinajstić information content (AvgIpc) is 3.21. The Kier molecular flexibility index (Phi) is 4.05. The normalized spacial score (nSPS) is 23.4. The Bertz CT molecular complexity index is 553. The molecule has 0 unspecified atom stereocenters. The Labute approximate surface area is 135 Å². The van der Waals surface area contributed by atoms with Gasteiger partial charge in [-0.3, -0.25) is 0 Å². The summed E-state index contributed by atoms with van der Waals surface area (Å²) >= 11 is 0. The van der Waals surface area contributed by atoms with Crippen molar-refractivity contribution in [1.82, 2.24) is 0 Å². The molecule has 0 N–H and O–H groups in total. The van der Waals surface area contributed by atoms with E-state index in [-0.39, 0.29) is 7.92 Å². The molecule has 2 aromatic carbocycles. The SMILES string of the molecule is c1ccc(P(c2ccccc2)[C@@H]2CCCC23CCCC3)cc1. The fourth-order valence-corrected chi connectivity index (χ4v) is 8.25. The largest absolute Gasteiger partial charge is 0.0622 e. The molecule has 2 aliphatic rings. The van der Waals surface area contributed by atoms with Crippen LogP contribution in [0, 0.1) is 5.41 Å². The van der Waals surface area contributed by atoms with Gasteiger partial charge in [0.2, 0.25) is 0 Å². The second-order valence-electron chi connectivity index (χ2n) is 7.02. The predicted octanol–water partition coefficient (Wildman–Crippen LogP) is 5.23. The van der Waals surface area contributed by atoms with E-state index in [1.54, 1.807) is 10.6 Å². The topological polar surface area (TPSA) is 0 Å². The molecule has 0 heterocycles. The lowest BCUT2D eigenvalue weighted by atomic mass is 9.84. The van der Waals surface area contributed by atoms with Gasteiger partial charge in [0.05, 0.1) is 0 Å². The molecule has 1 spiro atoms. The Morgan fingerprint density at radius 3 is 1.73 bits per heavy atom. The van der Waals surface area contributed by atoms with Crippen molar-refractivity contribution in [2.24, 2.45) is 5.41 Å². The van der Waals surface area contributed by atoms with E-state index in [4.69, 9.17) is 0 Å². The third kappa shape index (κ3) is 2.52. The van der Waals surface area contributed by atoms with Gasteiger partial charge in [-0.25, -0.2) is 0 Å². The Balaban J connectivity index is 1.78. The summed E-state index contributed by atoms with van der Waals surface area (Å²) in [5, 5.41) is 3.17. The van der Waals surface area contributed by atoms with Crippen molar-refractivity contribution in [1.29, 1.82) is 0 Å². The fraction of sp³-hybridized carbons (Fsp3) is 0.429. The van der Waals surface area contributed by atoms with Crippen molar-refractivity contribution in [3.63, 3.8) is 0 Å². The molecule has 0 radical (unpaired) electrons. The molecule has 0 aliphatic heterocycles. The van der Waals surface area contributed by atoms with E-state index in [1.807, 2.05) is 0 Å². The van der Waals surface area contributed by atoms with E-state index in [0.29, 0.717) is 5.41 Å². The Morgan fingerprint density at radius 2 is 1.18 bits per heavy atom. The second kappa shape index (κ2) is 6.17. The second-order valence-corrected chi connectivity index (χ2v) is 9.41. The van der Waals surface area contributed by atoms with Crippen molar-refractivity contribution < 1.29 is 0 Å². The molecule has 114 valence electrons. The molecule has 2 saturated carbocycles. The lowest BCUT2D eigenvalue weighted by Gasteiger charge is -2.38. The van der Waals surface area contributed by atoms with Gasteiger partial charge in [-0.1, -0.05) is 79.9 Å². The summed E-state index contributed by atoms with van der Waals surface area (Å²) in [5.74, 6) is 0. The zero-order valence-corrected chi connectivity index (χ0v) is 14.1. The van der Waals surface area contributed by atoms with Crippen LogP contribution in [-0.2, 0) is 0 Å². The minimum atomic E-state index is -0.212. The summed E-state index contributed by atoms with van der Waals surface area (Å²) in [6.45, 7) is 0. The van der Waals surface area contributed by atoms with Crippen molar-refractivity contribution in [2.45, 2.75) is 50.6 Å². The first-order valence-electron chi connectivity index (χ1n) is 8.78. The minimum absolute atomic E-state index is 0.212. The molecule has 0 saturated heterocycles. The average molecular weight is 308 g/mol. The van der Waals surface area contributed by atoms with Gasteiger partial charge in [-0.15, -0.1) is 0 Å². The number of hydrogen-bond acceptors (Lipinski definition) is 0. The van der Waals surface area contributed by atoms with E-state index in [9.17, 15) is 0 Å². The van der Waals surface area contributed by atoms with Gasteiger partial charge < -0.3 is 0 Å². The Hall–Kier alpha value is -1.13. The molecule has 0 nitrogen and oxygen atoms in total. The van der Waals surface area contributed by atoms with Crippen LogP contribution in [0.15, 0.2) is 60.7 Å². The molecule has 4 rings (SSSR count). The number of rotatable bonds is 3. The van der Waals surface area contributed by atoms with Crippen LogP contribution < -0.4 is 10.6 Å². The van der Waals surface area contributed by atoms with Crippen molar-refractivity contribution >= 4 is 18.5 Å². The van der Waals surface area contributed by atoms with Crippen molar-refractivity contribution in [2.75, 3.05) is 0 Å². The number of benzene rings is 2. The summed E-state index contributed by atoms with van der Waals surface area (Å²) in [7, 11) is -0.212. The van der Waals surface area contributed by atoms with Gasteiger partial charge in [0.25, 0.3) is 0 Å². The molecule has 22 heavy (non-hydrogen) atoms. The molecule has 1 atom stereocenters. The van der Waals surface area contributed by atoms with Gasteiger partial charge in [0.15, 0.2) is 0 Å². The number of hydrogen-bond donors (Lipinski definition) is 0. The van der Waals surface area contributed by atoms with Crippen LogP contribution in [0.5, 0.6) is 0 Å². The van der Waals surface area contributed by atoms with Gasteiger partial charge in [0, 0.05) is 0 Å². The maximum Gasteiger partial charge on any atom is -0.00722 e. The third-order valence-electron chi connectivity index (χ3n) is 5.84. The Morgan fingerprint density at radius 1 is 0.682 bits per heavy atom. The molecule has 2 aromatic rings. The molecule has 0 bridgehead atoms. The molecule has 0 amide bonds. The maximum atomic E-state index is 2.37. The molecular weight excluding hydrogens is 283 g/mol. The quantitative estimate of drug-likeness (QED) is 0.681. The van der Waals surface area contributed by atoms with Gasteiger partial charge in [-0.05, 0) is 55.3 Å². The molecule has 2 fully saturated rings. The van der Waals surface area contributed by atoms with Crippen LogP contribution in [0.1, 0.15) is 44.9 Å². The van der Waals surface area contributed by atoms with E-state index in [0.717, 1.165) is 5.66 Å². The maximum absolute atomic E-state index is 2.37. The zero-order valence-electron chi connectivity index (χ0n) is 13.2. The fourth-order valence-electron chi connectivity index (χ4n) is 4.87. The van der Waals surface area contributed by atoms with Gasteiger partial charge in [0.1, 0.15) is 0 Å². The van der Waals surface area contributed by atoms with E-state index in [1.165, 1.54) is 44.9 Å². The molecule has 1 heteroatoms. The predicted molar refractivity (Wildman–Crippen MR) is 97.6 cm³/mol. The summed E-state index contributed by atoms with van der Waals surface area (Å²) in [5.41, 5.74) is 1.56. The molecule has 0 aromatic heterocycles. The lowest BCUT2D eigenvalue weighted by Crippen LogP contribution is -2.32. The van der Waals surface area contributed by atoms with E-state index in [2.05, 4.69) is 60.7 Å². The van der Waals surface area contributed by atoms with Gasteiger partial charge in [-0.2, -0.15) is 0 Å². The van der Waals surface area contributed by atoms with Crippen LogP contribution >= 0.6 is 7.92 Å². The third-order valence-corrected chi connectivity index (χ3v) is 8.98. The summed E-state index contributed by atoms with van der Waals surface area (Å²) < 4.78 is 0. The first kappa shape index (κ1) is 14.5. The van der Waals surface area contributed by atoms with Crippen LogP contribution in [0.4, 0.5) is 0 Å². The summed E-state index contributed by atoms with van der Waals surface area (Å²) in [6, 6.07) is 22.7. The van der Waals surface area contributed by atoms with Crippen molar-refractivity contribution in [3.05, 3.63) is 60.7 Å². The van der Waals surface area contributed by atoms with Crippen molar-refractivity contribution in [3.8, 4) is 0 Å². The molecular formula is C21H25P. The standard InChI is InChI=1S/C21H25P/c1-3-10-18(11-4-1)22(19-12-5-2-6-13-19)20-14-9-17-21(20)15-7-8-16-21/h1-6,10-13,20H,7-9,14-17H2/t20-/m1/s1. The lowest BCUT2D eigenvalue weighted by molar-refractivity contribution is 0.317. The first-order chi connectivity index (χ1) is 10.9. The smallest absolute Gasteiger partial charge is 0.00722 e. The minimum Gasteiger partial charge on any atom is -0.0622 e. The first-order valence-corrected chi connectivity index (χ1v) is 10.2. The highest BCUT2D eigenvalue weighted by Crippen LogP contribution is 2.61. The van der Waals surface area contributed by atoms with Crippen LogP contribution in [0.25, 0.3) is 0 Å². The van der Waals surface area contributed by atoms with E-state index >= 15 is 0 Å². The highest BCUT2D eigenvalue weighted by molar-refractivity contribution is 7.73. The highest BCUT2D eigenvalue weighted by Gasteiger charge is 2.48. The highest BCUT2D eigenvalue weighted by atomic mass is 31.1. The van der Waals surface area contributed by atoms with Gasteiger partial charge >= 0.3 is 0 Å². The van der Waals surface area contributed by atoms with E-state index < -0.39 is 0 Å². The zero-order chi connectivity index (χ0) is 14.8.